The van der Waals surface area contributed by atoms with Gasteiger partial charge >= 0.3 is 5.97 Å². The molecule has 220 valence electrons. The Hall–Kier alpha value is -3.74. The van der Waals surface area contributed by atoms with Crippen molar-refractivity contribution in [3.8, 4) is 11.5 Å². The van der Waals surface area contributed by atoms with Gasteiger partial charge in [-0.2, -0.15) is 0 Å². The van der Waals surface area contributed by atoms with Crippen LogP contribution in [0.5, 0.6) is 11.5 Å². The first kappa shape index (κ1) is 29.7. The van der Waals surface area contributed by atoms with Gasteiger partial charge in [0.05, 0.1) is 53.2 Å². The highest BCUT2D eigenvalue weighted by molar-refractivity contribution is 9.10. The number of aromatic nitrogens is 1. The number of rotatable bonds is 8. The maximum absolute atomic E-state index is 13.8. The maximum Gasteiger partial charge on any atom is 0.338 e. The number of amides is 1. The molecule has 0 spiro atoms. The molecule has 3 heterocycles. The molecule has 1 aromatic heterocycles. The van der Waals surface area contributed by atoms with Crippen molar-refractivity contribution in [3.63, 3.8) is 0 Å². The zero-order valence-electron chi connectivity index (χ0n) is 23.4. The summed E-state index contributed by atoms with van der Waals surface area (Å²) in [5.74, 6) is 0.574. The number of halogens is 1. The van der Waals surface area contributed by atoms with E-state index in [1.165, 1.54) is 11.3 Å². The molecular formula is C30H30BrN3O7S. The third-order valence-corrected chi connectivity index (χ3v) is 8.52. The molecule has 2 aromatic carbocycles. The standard InChI is InChI=1S/C30H30BrN3O7S/c1-4-40-29(37)26-18(2)32-30-34(27(26)20-7-10-23(38-3)22(31)16-20)28(36)24(42-30)15-19-5-8-21(9-6-19)41-17-25(35)33-11-13-39-14-12-33/h5-10,15-16,27H,4,11-14,17H2,1-3H3/b24-15+/t27-/m1/s1. The van der Waals surface area contributed by atoms with Crippen LogP contribution in [0.4, 0.5) is 0 Å². The molecule has 1 saturated heterocycles. The van der Waals surface area contributed by atoms with Crippen molar-refractivity contribution in [3.05, 3.63) is 89.0 Å². The van der Waals surface area contributed by atoms with Crippen LogP contribution in [0.1, 0.15) is 31.0 Å². The first-order valence-corrected chi connectivity index (χ1v) is 15.0. The highest BCUT2D eigenvalue weighted by Gasteiger charge is 2.33. The Kier molecular flexibility index (Phi) is 9.24. The van der Waals surface area contributed by atoms with Crippen LogP contribution in [0, 0.1) is 0 Å². The van der Waals surface area contributed by atoms with E-state index < -0.39 is 12.0 Å². The van der Waals surface area contributed by atoms with Crippen LogP contribution < -0.4 is 24.4 Å². The van der Waals surface area contributed by atoms with Gasteiger partial charge in [-0.05, 0) is 71.2 Å². The van der Waals surface area contributed by atoms with Crippen LogP contribution in [0.3, 0.4) is 0 Å². The fraction of sp³-hybridized carbons (Fsp3) is 0.333. The van der Waals surface area contributed by atoms with Crippen molar-refractivity contribution in [1.29, 1.82) is 0 Å². The van der Waals surface area contributed by atoms with Gasteiger partial charge in [0, 0.05) is 13.1 Å². The second-order valence-corrected chi connectivity index (χ2v) is 11.4. The number of methoxy groups -OCH3 is 1. The molecule has 3 aromatic rings. The molecule has 1 amide bonds. The molecule has 42 heavy (non-hydrogen) atoms. The molecule has 0 N–H and O–H groups in total. The van der Waals surface area contributed by atoms with E-state index in [4.69, 9.17) is 18.9 Å². The van der Waals surface area contributed by atoms with Crippen molar-refractivity contribution in [1.82, 2.24) is 9.47 Å². The number of allylic oxidation sites excluding steroid dienone is 1. The Balaban J connectivity index is 1.46. The minimum Gasteiger partial charge on any atom is -0.496 e. The largest absolute Gasteiger partial charge is 0.496 e. The Bertz CT molecular complexity index is 1710. The van der Waals surface area contributed by atoms with Gasteiger partial charge in [-0.15, -0.1) is 0 Å². The highest BCUT2D eigenvalue weighted by Crippen LogP contribution is 2.35. The number of carbonyl (C=O) groups excluding carboxylic acids is 2. The summed E-state index contributed by atoms with van der Waals surface area (Å²) in [4.78, 5) is 46.1. The predicted molar refractivity (Wildman–Crippen MR) is 160 cm³/mol. The lowest BCUT2D eigenvalue weighted by Crippen LogP contribution is -2.42. The van der Waals surface area contributed by atoms with Crippen molar-refractivity contribution < 1.29 is 28.5 Å². The molecular weight excluding hydrogens is 626 g/mol. The number of thiazole rings is 1. The minimum absolute atomic E-state index is 0.0540. The van der Waals surface area contributed by atoms with Crippen LogP contribution in [0.15, 0.2) is 68.0 Å². The fourth-order valence-electron chi connectivity index (χ4n) is 4.82. The zero-order valence-corrected chi connectivity index (χ0v) is 25.8. The molecule has 10 nitrogen and oxygen atoms in total. The molecule has 12 heteroatoms. The van der Waals surface area contributed by atoms with Crippen LogP contribution in [-0.4, -0.2) is 68.0 Å². The predicted octanol–water partition coefficient (Wildman–Crippen LogP) is 2.81. The van der Waals surface area contributed by atoms with E-state index in [2.05, 4.69) is 20.9 Å². The molecule has 0 aliphatic carbocycles. The minimum atomic E-state index is -0.732. The van der Waals surface area contributed by atoms with E-state index in [9.17, 15) is 14.4 Å². The molecule has 0 unspecified atom stereocenters. The summed E-state index contributed by atoms with van der Waals surface area (Å²) >= 11 is 4.77. The van der Waals surface area contributed by atoms with E-state index in [0.29, 0.717) is 68.4 Å². The smallest absolute Gasteiger partial charge is 0.338 e. The van der Waals surface area contributed by atoms with Crippen molar-refractivity contribution in [2.75, 3.05) is 46.6 Å². The van der Waals surface area contributed by atoms with Gasteiger partial charge in [0.2, 0.25) is 0 Å². The molecule has 2 aliphatic rings. The van der Waals surface area contributed by atoms with Crippen molar-refractivity contribution >= 4 is 45.2 Å². The number of fused-ring (bicyclic) bond motifs is 1. The van der Waals surface area contributed by atoms with Gasteiger partial charge in [0.25, 0.3) is 11.5 Å². The van der Waals surface area contributed by atoms with Gasteiger partial charge in [0.1, 0.15) is 11.5 Å². The second-order valence-electron chi connectivity index (χ2n) is 9.55. The lowest BCUT2D eigenvalue weighted by molar-refractivity contribution is -0.139. The average Bonchev–Trinajstić information content (AvgIpc) is 3.30. The molecule has 2 aliphatic heterocycles. The normalized spacial score (nSPS) is 17.0. The first-order chi connectivity index (χ1) is 20.3. The van der Waals surface area contributed by atoms with Gasteiger partial charge in [-0.3, -0.25) is 14.2 Å². The highest BCUT2D eigenvalue weighted by atomic mass is 79.9. The lowest BCUT2D eigenvalue weighted by Gasteiger charge is -2.26. The first-order valence-electron chi connectivity index (χ1n) is 13.4. The Labute approximate surface area is 254 Å². The van der Waals surface area contributed by atoms with Gasteiger partial charge in [-0.1, -0.05) is 29.5 Å². The van der Waals surface area contributed by atoms with Crippen LogP contribution >= 0.6 is 27.3 Å². The topological polar surface area (TPSA) is 109 Å². The van der Waals surface area contributed by atoms with E-state index in [-0.39, 0.29) is 24.7 Å². The number of nitrogens with zero attached hydrogens (tertiary/aromatic N) is 3. The third kappa shape index (κ3) is 6.20. The molecule has 1 fully saturated rings. The van der Waals surface area contributed by atoms with E-state index in [1.807, 2.05) is 24.3 Å². The quantitative estimate of drug-likeness (QED) is 0.344. The fourth-order valence-corrected chi connectivity index (χ4v) is 6.43. The van der Waals surface area contributed by atoms with E-state index in [0.717, 1.165) is 5.56 Å². The zero-order chi connectivity index (χ0) is 29.8. The molecule has 1 atom stereocenters. The second kappa shape index (κ2) is 13.1. The molecule has 0 saturated carbocycles. The summed E-state index contributed by atoms with van der Waals surface area (Å²) in [5, 5.41) is 0. The Morgan fingerprint density at radius 1 is 1.17 bits per heavy atom. The van der Waals surface area contributed by atoms with Crippen molar-refractivity contribution in [2.24, 2.45) is 4.99 Å². The molecule has 0 radical (unpaired) electrons. The number of esters is 1. The number of hydrogen-bond acceptors (Lipinski definition) is 9. The maximum atomic E-state index is 13.8. The summed E-state index contributed by atoms with van der Waals surface area (Å²) in [5.41, 5.74) is 2.01. The Morgan fingerprint density at radius 3 is 2.57 bits per heavy atom. The summed E-state index contributed by atoms with van der Waals surface area (Å²) in [6.07, 6.45) is 1.77. The molecule has 0 bridgehead atoms. The van der Waals surface area contributed by atoms with Gasteiger partial charge in [0.15, 0.2) is 11.4 Å². The third-order valence-electron chi connectivity index (χ3n) is 6.91. The summed E-state index contributed by atoms with van der Waals surface area (Å²) in [6, 6.07) is 11.9. The number of carbonyl (C=O) groups is 2. The number of ether oxygens (including phenoxy) is 4. The Morgan fingerprint density at radius 2 is 1.90 bits per heavy atom. The van der Waals surface area contributed by atoms with E-state index >= 15 is 0 Å². The monoisotopic (exact) mass is 655 g/mol. The van der Waals surface area contributed by atoms with Gasteiger partial charge < -0.3 is 23.8 Å². The number of benzene rings is 2. The number of morpholine rings is 1. The number of hydrogen-bond donors (Lipinski definition) is 0. The van der Waals surface area contributed by atoms with Crippen molar-refractivity contribution in [2.45, 2.75) is 19.9 Å². The average molecular weight is 657 g/mol. The summed E-state index contributed by atoms with van der Waals surface area (Å²) < 4.78 is 24.4. The molecule has 5 rings (SSSR count). The summed E-state index contributed by atoms with van der Waals surface area (Å²) in [6.45, 7) is 5.83. The summed E-state index contributed by atoms with van der Waals surface area (Å²) in [7, 11) is 1.57. The lowest BCUT2D eigenvalue weighted by atomic mass is 9.96. The SMILES string of the molecule is CCOC(=O)C1=C(C)N=c2s/c(=C/c3ccc(OCC(=O)N4CCOCC4)cc3)c(=O)n2[C@@H]1c1ccc(OC)c(Br)c1. The van der Waals surface area contributed by atoms with E-state index in [1.54, 1.807) is 54.7 Å². The van der Waals surface area contributed by atoms with Crippen LogP contribution in [0.2, 0.25) is 0 Å². The van der Waals surface area contributed by atoms with Crippen LogP contribution in [0.25, 0.3) is 6.08 Å². The van der Waals surface area contributed by atoms with Gasteiger partial charge in [-0.25, -0.2) is 9.79 Å². The van der Waals surface area contributed by atoms with Crippen LogP contribution in [-0.2, 0) is 19.1 Å².